The van der Waals surface area contributed by atoms with Crippen LogP contribution in [0.15, 0.2) is 0 Å². The third kappa shape index (κ3) is 3.68. The second kappa shape index (κ2) is 6.20. The number of nitrogens with zero attached hydrogens (tertiary/aromatic N) is 1. The molecular weight excluding hydrogens is 246 g/mol. The molecule has 0 bridgehead atoms. The molecule has 0 N–H and O–H groups in total. The average Bonchev–Trinajstić information content (AvgIpc) is 2.85. The van der Waals surface area contributed by atoms with Crippen molar-refractivity contribution in [2.24, 2.45) is 0 Å². The Morgan fingerprint density at radius 1 is 1.32 bits per heavy atom. The van der Waals surface area contributed by atoms with Gasteiger partial charge in [-0.15, -0.1) is 0 Å². The third-order valence-corrected chi connectivity index (χ3v) is 4.12. The van der Waals surface area contributed by atoms with Crippen LogP contribution in [0.5, 0.6) is 0 Å². The number of ether oxygens (including phenoxy) is 3. The fourth-order valence-electron chi connectivity index (χ4n) is 2.56. The topological polar surface area (TPSA) is 48.0 Å². The van der Waals surface area contributed by atoms with Gasteiger partial charge in [-0.3, -0.25) is 4.79 Å². The van der Waals surface area contributed by atoms with Gasteiger partial charge < -0.3 is 19.1 Å². The van der Waals surface area contributed by atoms with Crippen molar-refractivity contribution < 1.29 is 19.0 Å². The molecule has 110 valence electrons. The van der Waals surface area contributed by atoms with E-state index in [0.717, 1.165) is 25.7 Å². The van der Waals surface area contributed by atoms with Crippen LogP contribution in [0.3, 0.4) is 0 Å². The molecule has 0 aromatic carbocycles. The van der Waals surface area contributed by atoms with Crippen LogP contribution in [0, 0.1) is 0 Å². The summed E-state index contributed by atoms with van der Waals surface area (Å²) in [6.07, 6.45) is 3.69. The lowest BCUT2D eigenvalue weighted by Crippen LogP contribution is -2.40. The van der Waals surface area contributed by atoms with Gasteiger partial charge >= 0.3 is 0 Å². The van der Waals surface area contributed by atoms with E-state index < -0.39 is 0 Å². The van der Waals surface area contributed by atoms with Crippen LogP contribution in [0.25, 0.3) is 0 Å². The van der Waals surface area contributed by atoms with Crippen LogP contribution < -0.4 is 0 Å². The first-order chi connectivity index (χ1) is 9.02. The third-order valence-electron chi connectivity index (χ3n) is 4.12. The normalized spacial score (nSPS) is 23.2. The van der Waals surface area contributed by atoms with Gasteiger partial charge in [-0.05, 0) is 26.7 Å². The molecule has 1 spiro atoms. The van der Waals surface area contributed by atoms with E-state index in [0.29, 0.717) is 13.2 Å². The minimum Gasteiger partial charge on any atom is -0.368 e. The quantitative estimate of drug-likeness (QED) is 0.778. The van der Waals surface area contributed by atoms with E-state index in [4.69, 9.17) is 14.2 Å². The second-order valence-electron chi connectivity index (χ2n) is 5.72. The second-order valence-corrected chi connectivity index (χ2v) is 5.72. The molecule has 1 aliphatic heterocycles. The number of carbonyl (C=O) groups is 1. The molecule has 0 radical (unpaired) electrons. The summed E-state index contributed by atoms with van der Waals surface area (Å²) in [4.78, 5) is 13.5. The Kier molecular flexibility index (Phi) is 4.81. The molecule has 0 aromatic rings. The molecule has 2 fully saturated rings. The lowest BCUT2D eigenvalue weighted by atomic mass is 9.92. The molecule has 5 heteroatoms. The first kappa shape index (κ1) is 14.8. The molecule has 1 saturated heterocycles. The van der Waals surface area contributed by atoms with Gasteiger partial charge in [-0.2, -0.15) is 0 Å². The summed E-state index contributed by atoms with van der Waals surface area (Å²) >= 11 is 0. The summed E-state index contributed by atoms with van der Waals surface area (Å²) in [7, 11) is 1.81. The Morgan fingerprint density at radius 2 is 1.89 bits per heavy atom. The van der Waals surface area contributed by atoms with Crippen molar-refractivity contribution in [3.8, 4) is 0 Å². The molecule has 0 atom stereocenters. The fraction of sp³-hybridized carbons (Fsp3) is 0.929. The van der Waals surface area contributed by atoms with Gasteiger partial charge in [-0.1, -0.05) is 0 Å². The smallest absolute Gasteiger partial charge is 0.248 e. The fourth-order valence-corrected chi connectivity index (χ4v) is 2.56. The molecule has 5 nitrogen and oxygen atoms in total. The molecule has 1 aliphatic carbocycles. The van der Waals surface area contributed by atoms with Gasteiger partial charge in [0, 0.05) is 25.9 Å². The summed E-state index contributed by atoms with van der Waals surface area (Å²) in [6.45, 7) is 5.56. The summed E-state index contributed by atoms with van der Waals surface area (Å²) in [5.41, 5.74) is 0. The van der Waals surface area contributed by atoms with Crippen molar-refractivity contribution in [1.29, 1.82) is 0 Å². The summed E-state index contributed by atoms with van der Waals surface area (Å²) < 4.78 is 17.1. The van der Waals surface area contributed by atoms with Crippen LogP contribution >= 0.6 is 0 Å². The van der Waals surface area contributed by atoms with Gasteiger partial charge in [-0.25, -0.2) is 0 Å². The molecule has 1 saturated carbocycles. The van der Waals surface area contributed by atoms with Crippen molar-refractivity contribution in [3.63, 3.8) is 0 Å². The number of hydrogen-bond donors (Lipinski definition) is 0. The minimum atomic E-state index is -0.349. The Bertz CT molecular complexity index is 303. The van der Waals surface area contributed by atoms with E-state index in [9.17, 15) is 4.79 Å². The van der Waals surface area contributed by atoms with Gasteiger partial charge in [0.05, 0.1) is 19.3 Å². The van der Waals surface area contributed by atoms with E-state index in [1.54, 1.807) is 4.90 Å². The van der Waals surface area contributed by atoms with E-state index in [1.807, 2.05) is 20.9 Å². The van der Waals surface area contributed by atoms with Crippen LogP contribution in [0.1, 0.15) is 39.5 Å². The maximum atomic E-state index is 11.8. The van der Waals surface area contributed by atoms with E-state index in [1.165, 1.54) is 0 Å². The molecule has 0 unspecified atom stereocenters. The first-order valence-electron chi connectivity index (χ1n) is 7.17. The molecule has 1 amide bonds. The number of rotatable bonds is 4. The lowest BCUT2D eigenvalue weighted by Gasteiger charge is -2.35. The van der Waals surface area contributed by atoms with Gasteiger partial charge in [0.1, 0.15) is 6.61 Å². The predicted octanol–water partition coefficient (Wildman–Crippen LogP) is 1.56. The molecule has 19 heavy (non-hydrogen) atoms. The predicted molar refractivity (Wildman–Crippen MR) is 70.7 cm³/mol. The highest BCUT2D eigenvalue weighted by molar-refractivity contribution is 5.77. The van der Waals surface area contributed by atoms with Crippen LogP contribution in [-0.4, -0.2) is 55.6 Å². The molecule has 1 heterocycles. The van der Waals surface area contributed by atoms with Crippen LogP contribution in [0.2, 0.25) is 0 Å². The highest BCUT2D eigenvalue weighted by Gasteiger charge is 2.40. The average molecular weight is 271 g/mol. The first-order valence-corrected chi connectivity index (χ1v) is 7.17. The summed E-state index contributed by atoms with van der Waals surface area (Å²) in [5, 5.41) is 0. The van der Waals surface area contributed by atoms with Crippen LogP contribution in [-0.2, 0) is 19.0 Å². The Labute approximate surface area is 115 Å². The van der Waals surface area contributed by atoms with E-state index >= 15 is 0 Å². The Balaban J connectivity index is 1.70. The van der Waals surface area contributed by atoms with Crippen molar-refractivity contribution in [1.82, 2.24) is 4.90 Å². The summed E-state index contributed by atoms with van der Waals surface area (Å²) in [5.74, 6) is -0.304. The number of likely N-dealkylation sites (N-methyl/N-ethyl adjacent to an activating group) is 1. The Morgan fingerprint density at radius 3 is 2.42 bits per heavy atom. The number of hydrogen-bond acceptors (Lipinski definition) is 4. The number of carbonyl (C=O) groups excluding carboxylic acids is 1. The van der Waals surface area contributed by atoms with Gasteiger partial charge in [0.2, 0.25) is 5.91 Å². The minimum absolute atomic E-state index is 0.0450. The lowest BCUT2D eigenvalue weighted by molar-refractivity contribution is -0.192. The van der Waals surface area contributed by atoms with Crippen LogP contribution in [0.4, 0.5) is 0 Å². The van der Waals surface area contributed by atoms with Crippen molar-refractivity contribution in [3.05, 3.63) is 0 Å². The molecule has 0 aromatic heterocycles. The maximum Gasteiger partial charge on any atom is 0.248 e. The zero-order valence-corrected chi connectivity index (χ0v) is 12.2. The SMILES string of the molecule is CC(C)N(C)C(=O)COC1CCC2(CC1)OCCO2. The Hall–Kier alpha value is -0.650. The van der Waals surface area contributed by atoms with Gasteiger partial charge in [0.15, 0.2) is 5.79 Å². The zero-order chi connectivity index (χ0) is 13.9. The highest BCUT2D eigenvalue weighted by Crippen LogP contribution is 2.36. The maximum absolute atomic E-state index is 11.8. The largest absolute Gasteiger partial charge is 0.368 e. The van der Waals surface area contributed by atoms with Gasteiger partial charge in [0.25, 0.3) is 0 Å². The van der Waals surface area contributed by atoms with Crippen molar-refractivity contribution in [2.75, 3.05) is 26.9 Å². The molecular formula is C14H25NO4. The highest BCUT2D eigenvalue weighted by atomic mass is 16.7. The molecule has 2 rings (SSSR count). The monoisotopic (exact) mass is 271 g/mol. The van der Waals surface area contributed by atoms with Crippen molar-refractivity contribution in [2.45, 2.75) is 57.5 Å². The summed E-state index contributed by atoms with van der Waals surface area (Å²) in [6, 6.07) is 0.214. The van der Waals surface area contributed by atoms with E-state index in [-0.39, 0.29) is 30.4 Å². The van der Waals surface area contributed by atoms with Crippen molar-refractivity contribution >= 4 is 5.91 Å². The standard InChI is InChI=1S/C14H25NO4/c1-11(2)15(3)13(16)10-17-12-4-6-14(7-5-12)18-8-9-19-14/h11-12H,4-10H2,1-3H3. The van der Waals surface area contributed by atoms with E-state index in [2.05, 4.69) is 0 Å². The molecule has 2 aliphatic rings. The zero-order valence-electron chi connectivity index (χ0n) is 12.2. The number of amides is 1.